The van der Waals surface area contributed by atoms with Crippen molar-refractivity contribution in [3.05, 3.63) is 0 Å². The molecule has 0 aromatic carbocycles. The molecule has 13 nitrogen and oxygen atoms in total. The van der Waals surface area contributed by atoms with E-state index in [9.17, 15) is 37.9 Å². The smallest absolute Gasteiger partial charge is 0.726 e. The van der Waals surface area contributed by atoms with Crippen LogP contribution < -0.4 is 29.6 Å². The van der Waals surface area contributed by atoms with E-state index in [4.69, 9.17) is 18.9 Å². The van der Waals surface area contributed by atoms with Crippen molar-refractivity contribution in [3.63, 3.8) is 0 Å². The SMILES string of the molecule is CCCCCCCCCCCCCCCC(=O)OC[C@H](CO[C@H]1O[C@H](COS(=O)(=O)[O-])[C@@H](O)[C@H](O)[C@H]1O)OC(=O)CCCCCCCCCCCCCCC.[Na+]. The topological polar surface area (TPSA) is 198 Å². The molecular formula is C41H77NaO13S. The normalized spacial score (nSPS) is 20.4. The average molecular weight is 833 g/mol. The molecule has 0 aromatic rings. The van der Waals surface area contributed by atoms with Crippen molar-refractivity contribution in [2.75, 3.05) is 19.8 Å². The van der Waals surface area contributed by atoms with Crippen LogP contribution in [-0.4, -0.2) is 96.9 Å². The van der Waals surface area contributed by atoms with Crippen molar-refractivity contribution in [3.8, 4) is 0 Å². The van der Waals surface area contributed by atoms with Gasteiger partial charge in [0.15, 0.2) is 12.4 Å². The molecule has 6 atom stereocenters. The largest absolute Gasteiger partial charge is 1.00 e. The van der Waals surface area contributed by atoms with Crippen molar-refractivity contribution >= 4 is 22.3 Å². The van der Waals surface area contributed by atoms with Crippen LogP contribution in [0.25, 0.3) is 0 Å². The molecule has 0 radical (unpaired) electrons. The summed E-state index contributed by atoms with van der Waals surface area (Å²) in [7, 11) is -5.12. The minimum absolute atomic E-state index is 0. The van der Waals surface area contributed by atoms with E-state index in [-0.39, 0.29) is 49.0 Å². The van der Waals surface area contributed by atoms with Crippen LogP contribution in [0.15, 0.2) is 0 Å². The maximum absolute atomic E-state index is 12.8. The second-order valence-corrected chi connectivity index (χ2v) is 16.4. The molecule has 0 spiro atoms. The Morgan fingerprint density at radius 1 is 0.589 bits per heavy atom. The maximum Gasteiger partial charge on any atom is 1.00 e. The summed E-state index contributed by atoms with van der Waals surface area (Å²) in [4.78, 5) is 25.3. The molecule has 1 fully saturated rings. The number of hydrogen-bond acceptors (Lipinski definition) is 13. The minimum Gasteiger partial charge on any atom is -0.726 e. The summed E-state index contributed by atoms with van der Waals surface area (Å²) >= 11 is 0. The van der Waals surface area contributed by atoms with E-state index in [1.54, 1.807) is 0 Å². The van der Waals surface area contributed by atoms with E-state index in [2.05, 4.69) is 18.0 Å². The molecule has 0 unspecified atom stereocenters. The zero-order valence-electron chi connectivity index (χ0n) is 35.2. The zero-order valence-corrected chi connectivity index (χ0v) is 38.0. The molecule has 15 heteroatoms. The number of aliphatic hydroxyl groups is 3. The van der Waals surface area contributed by atoms with Gasteiger partial charge in [0.05, 0.1) is 13.2 Å². The van der Waals surface area contributed by atoms with Crippen molar-refractivity contribution < 1.29 is 90.6 Å². The van der Waals surface area contributed by atoms with E-state index in [0.29, 0.717) is 12.8 Å². The molecule has 1 saturated heterocycles. The van der Waals surface area contributed by atoms with Gasteiger partial charge in [-0.1, -0.05) is 168 Å². The number of ether oxygens (including phenoxy) is 4. The standard InChI is InChI=1S/C41H78O13S.Na/c1-3-5-7-9-11-13-15-17-19-21-23-25-27-29-36(42)50-31-34(32-51-41-40(46)39(45)38(44)35(54-41)33-52-55(47,48)49)53-37(43)30-28-26-24-22-20-18-16-14-12-10-8-6-4-2;/h34-35,38-41,44-46H,3-33H2,1-2H3,(H,47,48,49);/q;+1/p-1/t34-,35-,38-,39+,40-,41+;/m1./s1. The third-order valence-electron chi connectivity index (χ3n) is 10.2. The Bertz CT molecular complexity index is 1050. The predicted octanol–water partition coefficient (Wildman–Crippen LogP) is 4.71. The first-order chi connectivity index (χ1) is 26.5. The Morgan fingerprint density at radius 3 is 1.39 bits per heavy atom. The van der Waals surface area contributed by atoms with Gasteiger partial charge in [0.2, 0.25) is 10.4 Å². The van der Waals surface area contributed by atoms with Crippen LogP contribution >= 0.6 is 0 Å². The van der Waals surface area contributed by atoms with Gasteiger partial charge in [-0.05, 0) is 12.8 Å². The summed E-state index contributed by atoms with van der Waals surface area (Å²) in [6.45, 7) is 2.82. The fourth-order valence-corrected chi connectivity index (χ4v) is 7.04. The van der Waals surface area contributed by atoms with Crippen LogP contribution in [0, 0.1) is 0 Å². The fourth-order valence-electron chi connectivity index (χ4n) is 6.74. The quantitative estimate of drug-likeness (QED) is 0.0256. The van der Waals surface area contributed by atoms with Crippen molar-refractivity contribution in [2.45, 2.75) is 230 Å². The van der Waals surface area contributed by atoms with E-state index >= 15 is 0 Å². The molecule has 0 saturated carbocycles. The molecule has 0 aromatic heterocycles. The van der Waals surface area contributed by atoms with Gasteiger partial charge in [0.1, 0.15) is 31.0 Å². The molecule has 56 heavy (non-hydrogen) atoms. The third-order valence-corrected chi connectivity index (χ3v) is 10.6. The maximum atomic E-state index is 12.8. The Labute approximate surface area is 361 Å². The Balaban J connectivity index is 0.0000302. The summed E-state index contributed by atoms with van der Waals surface area (Å²) in [6, 6.07) is 0. The van der Waals surface area contributed by atoms with Gasteiger partial charge in [0.25, 0.3) is 0 Å². The molecule has 1 aliphatic heterocycles. The van der Waals surface area contributed by atoms with Crippen molar-refractivity contribution in [1.29, 1.82) is 0 Å². The monoisotopic (exact) mass is 832 g/mol. The number of rotatable bonds is 37. The van der Waals surface area contributed by atoms with Crippen LogP contribution in [0.4, 0.5) is 0 Å². The summed E-state index contributed by atoms with van der Waals surface area (Å²) in [5.41, 5.74) is 0. The van der Waals surface area contributed by atoms with E-state index < -0.39 is 72.4 Å². The van der Waals surface area contributed by atoms with Gasteiger partial charge in [-0.25, -0.2) is 8.42 Å². The first-order valence-electron chi connectivity index (χ1n) is 21.7. The minimum atomic E-state index is -5.12. The second kappa shape index (κ2) is 36.5. The molecule has 326 valence electrons. The second-order valence-electron chi connectivity index (χ2n) is 15.3. The first kappa shape index (κ1) is 55.6. The van der Waals surface area contributed by atoms with Gasteiger partial charge in [0, 0.05) is 12.8 Å². The Hall–Kier alpha value is -0.390. The average Bonchev–Trinajstić information content (AvgIpc) is 3.15. The molecule has 1 heterocycles. The summed E-state index contributed by atoms with van der Waals surface area (Å²) < 4.78 is 58.8. The van der Waals surface area contributed by atoms with Gasteiger partial charge in [-0.15, -0.1) is 0 Å². The third kappa shape index (κ3) is 30.6. The fraction of sp³-hybridized carbons (Fsp3) is 0.951. The number of hydrogen-bond donors (Lipinski definition) is 3. The van der Waals surface area contributed by atoms with Crippen LogP contribution in [0.5, 0.6) is 0 Å². The Morgan fingerprint density at radius 2 is 0.982 bits per heavy atom. The van der Waals surface area contributed by atoms with Gasteiger partial charge in [-0.2, -0.15) is 0 Å². The number of aliphatic hydroxyl groups excluding tert-OH is 3. The summed E-state index contributed by atoms with van der Waals surface area (Å²) in [5.74, 6) is -0.944. The molecule has 0 amide bonds. The van der Waals surface area contributed by atoms with Gasteiger partial charge in [-0.3, -0.25) is 13.8 Å². The van der Waals surface area contributed by atoms with E-state index in [1.165, 1.54) is 116 Å². The molecule has 0 aliphatic carbocycles. The number of carbonyl (C=O) groups is 2. The van der Waals surface area contributed by atoms with Gasteiger partial charge >= 0.3 is 41.5 Å². The van der Waals surface area contributed by atoms with Crippen LogP contribution in [-0.2, 0) is 43.1 Å². The summed E-state index contributed by atoms with van der Waals surface area (Å²) in [5, 5.41) is 30.9. The molecule has 0 bridgehead atoms. The van der Waals surface area contributed by atoms with Crippen LogP contribution in [0.2, 0.25) is 0 Å². The molecule has 1 rings (SSSR count). The van der Waals surface area contributed by atoms with Gasteiger partial charge < -0.3 is 38.8 Å². The van der Waals surface area contributed by atoms with E-state index in [1.807, 2.05) is 0 Å². The molecule has 3 N–H and O–H groups in total. The number of esters is 2. The molecular weight excluding hydrogens is 755 g/mol. The number of unbranched alkanes of at least 4 members (excludes halogenated alkanes) is 24. The van der Waals surface area contributed by atoms with E-state index in [0.717, 1.165) is 38.5 Å². The zero-order chi connectivity index (χ0) is 40.6. The number of carbonyl (C=O) groups excluding carboxylic acids is 2. The predicted molar refractivity (Wildman–Crippen MR) is 210 cm³/mol. The first-order valence-corrected chi connectivity index (χ1v) is 23.1. The van der Waals surface area contributed by atoms with Crippen molar-refractivity contribution in [1.82, 2.24) is 0 Å². The summed E-state index contributed by atoms with van der Waals surface area (Å²) in [6.07, 6.45) is 21.4. The van der Waals surface area contributed by atoms with Crippen LogP contribution in [0.1, 0.15) is 194 Å². The Kier molecular flexibility index (Phi) is 36.2. The van der Waals surface area contributed by atoms with Crippen molar-refractivity contribution in [2.24, 2.45) is 0 Å². The van der Waals surface area contributed by atoms with Crippen LogP contribution in [0.3, 0.4) is 0 Å². The molecule has 1 aliphatic rings.